The van der Waals surface area contributed by atoms with Gasteiger partial charge in [-0.15, -0.1) is 0 Å². The highest BCUT2D eigenvalue weighted by atomic mass is 32.2. The van der Waals surface area contributed by atoms with E-state index in [-0.39, 0.29) is 0 Å². The van der Waals surface area contributed by atoms with Crippen LogP contribution in [0.3, 0.4) is 0 Å². The minimum absolute atomic E-state index is 0.662. The van der Waals surface area contributed by atoms with E-state index in [1.807, 2.05) is 12.1 Å². The van der Waals surface area contributed by atoms with Gasteiger partial charge in [0, 0.05) is 11.3 Å². The summed E-state index contributed by atoms with van der Waals surface area (Å²) in [7, 11) is 0. The van der Waals surface area contributed by atoms with E-state index < -0.39 is 0 Å². The molecule has 0 amide bonds. The molecule has 0 fully saturated rings. The van der Waals surface area contributed by atoms with E-state index in [0.717, 1.165) is 17.3 Å². The van der Waals surface area contributed by atoms with Gasteiger partial charge < -0.3 is 9.47 Å². The third-order valence-corrected chi connectivity index (χ3v) is 2.55. The molecule has 0 aromatic heterocycles. The van der Waals surface area contributed by atoms with Crippen LogP contribution in [0.4, 0.5) is 0 Å². The summed E-state index contributed by atoms with van der Waals surface area (Å²) in [6, 6.07) is 6.06. The maximum absolute atomic E-state index is 5.57. The van der Waals surface area contributed by atoms with Crippen molar-refractivity contribution < 1.29 is 9.47 Å². The molecule has 0 atom stereocenters. The molecule has 0 N–H and O–H groups in total. The van der Waals surface area contributed by atoms with Gasteiger partial charge in [-0.3, -0.25) is 0 Å². The average molecular weight is 196 g/mol. The summed E-state index contributed by atoms with van der Waals surface area (Å²) < 4.78 is 11.0. The molecule has 0 aliphatic carbocycles. The van der Waals surface area contributed by atoms with Crippen LogP contribution in [0.15, 0.2) is 18.2 Å². The van der Waals surface area contributed by atoms with Gasteiger partial charge in [-0.2, -0.15) is 11.8 Å². The first-order chi connectivity index (χ1) is 6.42. The number of rotatable bonds is 2. The van der Waals surface area contributed by atoms with Gasteiger partial charge in [-0.1, -0.05) is 12.1 Å². The molecule has 1 aromatic carbocycles. The first kappa shape index (κ1) is 8.75. The maximum atomic E-state index is 5.57. The Bertz CT molecular complexity index is 299. The standard InChI is InChI=1S/C10H12O2S/c1-13-7-8-3-2-4-9-10(8)12-6-5-11-9/h2-4H,5-7H2,1H3. The Morgan fingerprint density at radius 2 is 2.15 bits per heavy atom. The van der Waals surface area contributed by atoms with Gasteiger partial charge in [0.05, 0.1) is 0 Å². The van der Waals surface area contributed by atoms with Crippen molar-refractivity contribution in [2.24, 2.45) is 0 Å². The molecule has 0 saturated heterocycles. The monoisotopic (exact) mass is 196 g/mol. The molecule has 2 nitrogen and oxygen atoms in total. The van der Waals surface area contributed by atoms with Crippen molar-refractivity contribution in [2.45, 2.75) is 5.75 Å². The summed E-state index contributed by atoms with van der Waals surface area (Å²) in [6.07, 6.45) is 2.09. The second kappa shape index (κ2) is 3.92. The van der Waals surface area contributed by atoms with E-state index in [1.54, 1.807) is 11.8 Å². The van der Waals surface area contributed by atoms with Crippen LogP contribution < -0.4 is 9.47 Å². The minimum atomic E-state index is 0.662. The lowest BCUT2D eigenvalue weighted by molar-refractivity contribution is 0.170. The lowest BCUT2D eigenvalue weighted by Crippen LogP contribution is -2.16. The lowest BCUT2D eigenvalue weighted by atomic mass is 10.2. The molecular weight excluding hydrogens is 184 g/mol. The largest absolute Gasteiger partial charge is 0.486 e. The van der Waals surface area contributed by atoms with Gasteiger partial charge in [-0.05, 0) is 12.3 Å². The lowest BCUT2D eigenvalue weighted by Gasteiger charge is -2.20. The van der Waals surface area contributed by atoms with Crippen molar-refractivity contribution in [1.29, 1.82) is 0 Å². The van der Waals surface area contributed by atoms with Crippen molar-refractivity contribution in [2.75, 3.05) is 19.5 Å². The number of hydrogen-bond acceptors (Lipinski definition) is 3. The Labute approximate surface area is 82.2 Å². The number of ether oxygens (including phenoxy) is 2. The molecule has 1 aliphatic rings. The minimum Gasteiger partial charge on any atom is -0.486 e. The zero-order chi connectivity index (χ0) is 9.10. The topological polar surface area (TPSA) is 18.5 Å². The fourth-order valence-corrected chi connectivity index (χ4v) is 1.94. The van der Waals surface area contributed by atoms with Crippen molar-refractivity contribution in [3.8, 4) is 11.5 Å². The van der Waals surface area contributed by atoms with E-state index in [0.29, 0.717) is 13.2 Å². The van der Waals surface area contributed by atoms with Gasteiger partial charge in [0.2, 0.25) is 0 Å². The summed E-state index contributed by atoms with van der Waals surface area (Å²) in [5.74, 6) is 2.80. The smallest absolute Gasteiger partial charge is 0.165 e. The van der Waals surface area contributed by atoms with Crippen molar-refractivity contribution in [1.82, 2.24) is 0 Å². The molecule has 1 aliphatic heterocycles. The molecule has 1 aromatic rings. The van der Waals surface area contributed by atoms with E-state index >= 15 is 0 Å². The first-order valence-corrected chi connectivity index (χ1v) is 5.67. The number of fused-ring (bicyclic) bond motifs is 1. The summed E-state index contributed by atoms with van der Waals surface area (Å²) in [5, 5.41) is 0. The van der Waals surface area contributed by atoms with Gasteiger partial charge in [0.25, 0.3) is 0 Å². The first-order valence-electron chi connectivity index (χ1n) is 4.28. The molecule has 70 valence electrons. The van der Waals surface area contributed by atoms with E-state index in [1.165, 1.54) is 5.56 Å². The highest BCUT2D eigenvalue weighted by Crippen LogP contribution is 2.34. The van der Waals surface area contributed by atoms with Crippen LogP contribution in [0.25, 0.3) is 0 Å². The van der Waals surface area contributed by atoms with E-state index in [9.17, 15) is 0 Å². The number of hydrogen-bond donors (Lipinski definition) is 0. The van der Waals surface area contributed by atoms with E-state index in [4.69, 9.17) is 9.47 Å². The number of thioether (sulfide) groups is 1. The normalized spacial score (nSPS) is 14.2. The highest BCUT2D eigenvalue weighted by Gasteiger charge is 2.14. The maximum Gasteiger partial charge on any atom is 0.165 e. The van der Waals surface area contributed by atoms with Gasteiger partial charge in [0.1, 0.15) is 13.2 Å². The van der Waals surface area contributed by atoms with Crippen LogP contribution >= 0.6 is 11.8 Å². The van der Waals surface area contributed by atoms with Crippen LogP contribution in [-0.4, -0.2) is 19.5 Å². The second-order valence-electron chi connectivity index (χ2n) is 2.87. The molecule has 13 heavy (non-hydrogen) atoms. The third kappa shape index (κ3) is 1.75. The van der Waals surface area contributed by atoms with Crippen LogP contribution in [0.2, 0.25) is 0 Å². The predicted octanol–water partition coefficient (Wildman–Crippen LogP) is 2.32. The summed E-state index contributed by atoms with van der Waals surface area (Å²) >= 11 is 1.79. The average Bonchev–Trinajstić information content (AvgIpc) is 2.19. The summed E-state index contributed by atoms with van der Waals surface area (Å²) in [4.78, 5) is 0. The van der Waals surface area contributed by atoms with E-state index in [2.05, 4.69) is 12.3 Å². The van der Waals surface area contributed by atoms with Crippen molar-refractivity contribution in [3.63, 3.8) is 0 Å². The molecule has 3 heteroatoms. The number of para-hydroxylation sites is 1. The Hall–Kier alpha value is -0.830. The fourth-order valence-electron chi connectivity index (χ4n) is 1.40. The van der Waals surface area contributed by atoms with Gasteiger partial charge >= 0.3 is 0 Å². The molecule has 0 spiro atoms. The van der Waals surface area contributed by atoms with Crippen LogP contribution in [0.1, 0.15) is 5.56 Å². The predicted molar refractivity (Wildman–Crippen MR) is 54.7 cm³/mol. The molecule has 0 radical (unpaired) electrons. The van der Waals surface area contributed by atoms with Crippen LogP contribution in [0, 0.1) is 0 Å². The molecule has 0 unspecified atom stereocenters. The molecule has 2 rings (SSSR count). The van der Waals surface area contributed by atoms with Crippen molar-refractivity contribution >= 4 is 11.8 Å². The molecule has 0 bridgehead atoms. The molecule has 1 heterocycles. The summed E-state index contributed by atoms with van der Waals surface area (Å²) in [6.45, 7) is 1.33. The number of benzene rings is 1. The second-order valence-corrected chi connectivity index (χ2v) is 3.74. The van der Waals surface area contributed by atoms with Crippen LogP contribution in [-0.2, 0) is 5.75 Å². The SMILES string of the molecule is CSCc1cccc2c1OCCO2. The molecule has 0 saturated carbocycles. The van der Waals surface area contributed by atoms with Crippen LogP contribution in [0.5, 0.6) is 11.5 Å². The quantitative estimate of drug-likeness (QED) is 0.723. The summed E-state index contributed by atoms with van der Waals surface area (Å²) in [5.41, 5.74) is 1.23. The van der Waals surface area contributed by atoms with Gasteiger partial charge in [0.15, 0.2) is 11.5 Å². The highest BCUT2D eigenvalue weighted by molar-refractivity contribution is 7.97. The Balaban J connectivity index is 2.34. The van der Waals surface area contributed by atoms with Crippen molar-refractivity contribution in [3.05, 3.63) is 23.8 Å². The van der Waals surface area contributed by atoms with Gasteiger partial charge in [-0.25, -0.2) is 0 Å². The third-order valence-electron chi connectivity index (χ3n) is 1.95. The Kier molecular flexibility index (Phi) is 2.64. The zero-order valence-corrected chi connectivity index (χ0v) is 8.39. The zero-order valence-electron chi connectivity index (χ0n) is 7.58. The molecular formula is C10H12O2S. The Morgan fingerprint density at radius 3 is 3.00 bits per heavy atom. The Morgan fingerprint density at radius 1 is 1.31 bits per heavy atom. The fraction of sp³-hybridized carbons (Fsp3) is 0.400.